The highest BCUT2D eigenvalue weighted by molar-refractivity contribution is 5.65. The van der Waals surface area contributed by atoms with Crippen molar-refractivity contribution in [1.29, 1.82) is 0 Å². The third-order valence-electron chi connectivity index (χ3n) is 6.31. The molecule has 3 aliphatic rings. The van der Waals surface area contributed by atoms with Crippen LogP contribution in [0.1, 0.15) is 29.8 Å². The molecular weight excluding hydrogens is 434 g/mol. The minimum absolute atomic E-state index is 0.0204. The summed E-state index contributed by atoms with van der Waals surface area (Å²) in [5.41, 5.74) is 4.22. The number of aromatic nitrogens is 3. The van der Waals surface area contributed by atoms with Gasteiger partial charge in [0.1, 0.15) is 6.10 Å². The van der Waals surface area contributed by atoms with E-state index in [0.717, 1.165) is 25.2 Å². The van der Waals surface area contributed by atoms with Crippen molar-refractivity contribution in [3.8, 4) is 5.88 Å². The van der Waals surface area contributed by atoms with Crippen LogP contribution in [0, 0.1) is 0 Å². The Hall–Kier alpha value is -3.31. The fourth-order valence-electron chi connectivity index (χ4n) is 4.46. The summed E-state index contributed by atoms with van der Waals surface area (Å²) < 4.78 is 11.1. The zero-order chi connectivity index (χ0) is 23.1. The first-order valence-corrected chi connectivity index (χ1v) is 11.6. The summed E-state index contributed by atoms with van der Waals surface area (Å²) in [5.74, 6) is 2.18. The van der Waals surface area contributed by atoms with Crippen molar-refractivity contribution in [2.75, 3.05) is 36.6 Å². The lowest BCUT2D eigenvalue weighted by Crippen LogP contribution is -2.39. The largest absolute Gasteiger partial charge is 0.469 e. The van der Waals surface area contributed by atoms with E-state index in [4.69, 9.17) is 14.5 Å². The van der Waals surface area contributed by atoms with Gasteiger partial charge in [-0.05, 0) is 42.3 Å². The van der Waals surface area contributed by atoms with Crippen LogP contribution in [0.4, 0.5) is 23.3 Å². The number of benzene rings is 1. The molecule has 0 spiro atoms. The zero-order valence-corrected chi connectivity index (χ0v) is 18.9. The normalized spacial score (nSPS) is 19.9. The van der Waals surface area contributed by atoms with Gasteiger partial charge < -0.3 is 25.2 Å². The molecule has 3 aromatic rings. The maximum Gasteiger partial charge on any atom is 0.229 e. The smallest absolute Gasteiger partial charge is 0.229 e. The molecule has 1 saturated heterocycles. The van der Waals surface area contributed by atoms with Crippen LogP contribution in [0.25, 0.3) is 0 Å². The predicted molar refractivity (Wildman–Crippen MR) is 126 cm³/mol. The van der Waals surface area contributed by atoms with Gasteiger partial charge in [0.25, 0.3) is 0 Å². The first kappa shape index (κ1) is 21.2. The molecule has 6 rings (SSSR count). The molecule has 0 saturated carbocycles. The van der Waals surface area contributed by atoms with Crippen LogP contribution in [0.5, 0.6) is 5.88 Å². The second-order valence-electron chi connectivity index (χ2n) is 8.56. The third-order valence-corrected chi connectivity index (χ3v) is 6.31. The number of hydrogen-bond donors (Lipinski definition) is 3. The Bertz CT molecular complexity index is 1200. The Kier molecular flexibility index (Phi) is 5.50. The molecule has 2 aromatic heterocycles. The number of anilines is 4. The van der Waals surface area contributed by atoms with Crippen LogP contribution in [-0.4, -0.2) is 57.5 Å². The van der Waals surface area contributed by atoms with E-state index < -0.39 is 6.23 Å². The molecule has 0 bridgehead atoms. The molecule has 1 aromatic carbocycles. The fourth-order valence-corrected chi connectivity index (χ4v) is 4.46. The molecule has 5 heterocycles. The molecule has 0 radical (unpaired) electrons. The van der Waals surface area contributed by atoms with Crippen molar-refractivity contribution in [3.63, 3.8) is 0 Å². The highest BCUT2D eigenvalue weighted by atomic mass is 16.6. The van der Waals surface area contributed by atoms with Crippen LogP contribution in [0.2, 0.25) is 0 Å². The van der Waals surface area contributed by atoms with Gasteiger partial charge in [0, 0.05) is 31.0 Å². The molecule has 10 heteroatoms. The van der Waals surface area contributed by atoms with E-state index in [2.05, 4.69) is 32.7 Å². The van der Waals surface area contributed by atoms with Gasteiger partial charge in [-0.1, -0.05) is 19.1 Å². The molecule has 0 aliphatic carbocycles. The van der Waals surface area contributed by atoms with Gasteiger partial charge in [-0.25, -0.2) is 9.99 Å². The highest BCUT2D eigenvalue weighted by Gasteiger charge is 2.38. The minimum atomic E-state index is -0.864. The molecule has 1 atom stereocenters. The van der Waals surface area contributed by atoms with Crippen LogP contribution in [0.15, 0.2) is 42.6 Å². The molecular formula is C24H27N7O3. The van der Waals surface area contributed by atoms with Gasteiger partial charge in [-0.2, -0.15) is 15.0 Å². The van der Waals surface area contributed by atoms with Gasteiger partial charge in [0.2, 0.25) is 11.8 Å². The molecule has 3 aliphatic heterocycles. The number of hydrazine groups is 1. The van der Waals surface area contributed by atoms with E-state index in [1.807, 2.05) is 36.2 Å². The second kappa shape index (κ2) is 8.80. The number of hydrogen-bond acceptors (Lipinski definition) is 10. The number of aliphatic hydroxyl groups is 1. The van der Waals surface area contributed by atoms with Crippen molar-refractivity contribution in [1.82, 2.24) is 25.3 Å². The fraction of sp³-hybridized carbons (Fsp3) is 0.375. The Morgan fingerprint density at radius 1 is 1.21 bits per heavy atom. The standard InChI is InChI=1S/C24H27N7O3/c1-2-30-23(32)19-12-26-24(27-17-7-6-16-11-25-9-8-15(16)10-17)29-22(19)31(30)20-4-3-5-21(28-20)34-18-13-33-14-18/h3-7,10,12,18,23,25,32H,2,8-9,11,13-14H2,1H3,(H,26,27,29). The molecule has 10 nitrogen and oxygen atoms in total. The number of nitrogens with zero attached hydrogens (tertiary/aromatic N) is 5. The van der Waals surface area contributed by atoms with Crippen molar-refractivity contribution in [2.45, 2.75) is 32.2 Å². The molecule has 1 unspecified atom stereocenters. The van der Waals surface area contributed by atoms with E-state index in [-0.39, 0.29) is 6.10 Å². The minimum Gasteiger partial charge on any atom is -0.469 e. The van der Waals surface area contributed by atoms with Crippen molar-refractivity contribution in [3.05, 3.63) is 59.3 Å². The Morgan fingerprint density at radius 3 is 2.94 bits per heavy atom. The van der Waals surface area contributed by atoms with Crippen LogP contribution < -0.4 is 20.4 Å². The molecule has 3 N–H and O–H groups in total. The maximum absolute atomic E-state index is 11.0. The summed E-state index contributed by atoms with van der Waals surface area (Å²) >= 11 is 0. The van der Waals surface area contributed by atoms with Gasteiger partial charge in [0.05, 0.1) is 18.8 Å². The van der Waals surface area contributed by atoms with Gasteiger partial charge in [0.15, 0.2) is 17.9 Å². The average molecular weight is 462 g/mol. The Balaban J connectivity index is 1.31. The number of rotatable bonds is 6. The first-order valence-electron chi connectivity index (χ1n) is 11.6. The summed E-state index contributed by atoms with van der Waals surface area (Å²) in [6.07, 6.45) is 1.83. The van der Waals surface area contributed by atoms with Gasteiger partial charge in [-0.3, -0.25) is 0 Å². The summed E-state index contributed by atoms with van der Waals surface area (Å²) in [5, 5.41) is 21.3. The summed E-state index contributed by atoms with van der Waals surface area (Å²) in [6.45, 7) is 5.55. The summed E-state index contributed by atoms with van der Waals surface area (Å²) in [7, 11) is 0. The Morgan fingerprint density at radius 2 is 2.12 bits per heavy atom. The van der Waals surface area contributed by atoms with E-state index in [1.54, 1.807) is 11.2 Å². The summed E-state index contributed by atoms with van der Waals surface area (Å²) in [6, 6.07) is 11.9. The van der Waals surface area contributed by atoms with Crippen LogP contribution in [0.3, 0.4) is 0 Å². The third kappa shape index (κ3) is 3.84. The van der Waals surface area contributed by atoms with Crippen LogP contribution in [-0.2, 0) is 17.7 Å². The van der Waals surface area contributed by atoms with E-state index in [9.17, 15) is 5.11 Å². The lowest BCUT2D eigenvalue weighted by atomic mass is 10.0. The molecule has 0 amide bonds. The zero-order valence-electron chi connectivity index (χ0n) is 18.9. The van der Waals surface area contributed by atoms with Crippen LogP contribution >= 0.6 is 0 Å². The van der Waals surface area contributed by atoms with Crippen molar-refractivity contribution in [2.24, 2.45) is 0 Å². The van der Waals surface area contributed by atoms with E-state index in [1.165, 1.54) is 11.1 Å². The lowest BCUT2D eigenvalue weighted by Gasteiger charge is -2.30. The quantitative estimate of drug-likeness (QED) is 0.506. The van der Waals surface area contributed by atoms with Gasteiger partial charge in [-0.15, -0.1) is 0 Å². The number of ether oxygens (including phenoxy) is 2. The number of fused-ring (bicyclic) bond motifs is 2. The molecule has 176 valence electrons. The van der Waals surface area contributed by atoms with Gasteiger partial charge >= 0.3 is 0 Å². The van der Waals surface area contributed by atoms with Crippen molar-refractivity contribution >= 4 is 23.3 Å². The number of pyridine rings is 1. The second-order valence-corrected chi connectivity index (χ2v) is 8.56. The summed E-state index contributed by atoms with van der Waals surface area (Å²) in [4.78, 5) is 13.9. The molecule has 34 heavy (non-hydrogen) atoms. The maximum atomic E-state index is 11.0. The van der Waals surface area contributed by atoms with Crippen molar-refractivity contribution < 1.29 is 14.6 Å². The molecule has 1 fully saturated rings. The first-order chi connectivity index (χ1) is 16.7. The SMILES string of the molecule is CCN1C(O)c2cnc(Nc3ccc4c(c3)CCNC4)nc2N1c1cccc(OC2COC2)n1. The number of nitrogens with one attached hydrogen (secondary N) is 2. The van der Waals surface area contributed by atoms with E-state index in [0.29, 0.717) is 48.8 Å². The highest BCUT2D eigenvalue weighted by Crippen LogP contribution is 2.41. The average Bonchev–Trinajstić information content (AvgIpc) is 3.12. The van der Waals surface area contributed by atoms with E-state index >= 15 is 0 Å². The topological polar surface area (TPSA) is 108 Å². The lowest BCUT2D eigenvalue weighted by molar-refractivity contribution is -0.0813. The Labute approximate surface area is 197 Å². The monoisotopic (exact) mass is 461 g/mol. The predicted octanol–water partition coefficient (Wildman–Crippen LogP) is 2.42. The number of aliphatic hydroxyl groups excluding tert-OH is 1.